The highest BCUT2D eigenvalue weighted by molar-refractivity contribution is 6.05. The first-order valence-corrected chi connectivity index (χ1v) is 11.9. The summed E-state index contributed by atoms with van der Waals surface area (Å²) in [5, 5.41) is 2.20. The van der Waals surface area contributed by atoms with Gasteiger partial charge in [0.15, 0.2) is 12.1 Å². The average molecular weight is 446 g/mol. The average Bonchev–Trinajstić information content (AvgIpc) is 3.51. The van der Waals surface area contributed by atoms with Crippen molar-refractivity contribution >= 4 is 22.2 Å². The Morgan fingerprint density at radius 3 is 2.45 bits per heavy atom. The summed E-state index contributed by atoms with van der Waals surface area (Å²) >= 11 is 0. The summed E-state index contributed by atoms with van der Waals surface area (Å²) in [6.07, 6.45) is 2.66. The molecule has 0 aromatic heterocycles. The van der Waals surface area contributed by atoms with E-state index in [2.05, 4.69) is 30.0 Å². The molecule has 0 N–H and O–H groups in total. The van der Waals surface area contributed by atoms with Crippen LogP contribution in [0.3, 0.4) is 0 Å². The second-order valence-corrected chi connectivity index (χ2v) is 8.98. The van der Waals surface area contributed by atoms with Crippen LogP contribution in [0.5, 0.6) is 5.75 Å². The van der Waals surface area contributed by atoms with Crippen LogP contribution in [-0.2, 0) is 15.9 Å². The zero-order valence-electron chi connectivity index (χ0n) is 19.4. The minimum Gasteiger partial charge on any atom is -0.497 e. The molecular weight excluding hydrogens is 414 g/mol. The van der Waals surface area contributed by atoms with Crippen LogP contribution in [0.4, 0.5) is 5.69 Å². The maximum atomic E-state index is 13.3. The van der Waals surface area contributed by atoms with Crippen LogP contribution >= 0.6 is 0 Å². The van der Waals surface area contributed by atoms with Crippen molar-refractivity contribution in [1.29, 1.82) is 0 Å². The monoisotopic (exact) mass is 445 g/mol. The highest BCUT2D eigenvalue weighted by atomic mass is 16.7. The summed E-state index contributed by atoms with van der Waals surface area (Å²) < 4.78 is 16.6. The second-order valence-electron chi connectivity index (χ2n) is 8.98. The summed E-state index contributed by atoms with van der Waals surface area (Å²) in [7, 11) is 1.69. The number of ketones is 1. The quantitative estimate of drug-likeness (QED) is 0.404. The first kappa shape index (κ1) is 21.9. The minimum atomic E-state index is -0.290. The topological polar surface area (TPSA) is 48.0 Å². The molecule has 1 saturated heterocycles. The number of carbonyl (C=O) groups excluding carboxylic acids is 1. The molecule has 172 valence electrons. The molecule has 1 aliphatic carbocycles. The van der Waals surface area contributed by atoms with E-state index in [9.17, 15) is 4.79 Å². The van der Waals surface area contributed by atoms with Gasteiger partial charge >= 0.3 is 0 Å². The van der Waals surface area contributed by atoms with Crippen LogP contribution in [-0.4, -0.2) is 39.2 Å². The maximum Gasteiger partial charge on any atom is 0.184 e. The van der Waals surface area contributed by atoms with Crippen LogP contribution in [0.2, 0.25) is 0 Å². The van der Waals surface area contributed by atoms with E-state index in [0.717, 1.165) is 57.9 Å². The number of rotatable bonds is 9. The number of Topliss-reactive ketones (excluding diaryl/α,β-unsaturated/α-hetero) is 1. The summed E-state index contributed by atoms with van der Waals surface area (Å²) in [6, 6.07) is 18.2. The fourth-order valence-electron chi connectivity index (χ4n) is 4.51. The van der Waals surface area contributed by atoms with Gasteiger partial charge in [-0.1, -0.05) is 30.3 Å². The fourth-order valence-corrected chi connectivity index (χ4v) is 4.51. The molecule has 33 heavy (non-hydrogen) atoms. The standard InChI is InChI=1S/C28H31NO4/c1-3-29(18-20-4-5-20)26-16-23(15-22-10-11-24(31-2)17-25(22)26)27(30)14-19-6-8-21(9-7-19)28-32-12-13-33-28/h6-11,15-17,20,28H,3-5,12-14,18H2,1-2H3. The molecule has 5 rings (SSSR count). The number of hydrogen-bond acceptors (Lipinski definition) is 5. The van der Waals surface area contributed by atoms with Gasteiger partial charge in [-0.15, -0.1) is 0 Å². The number of hydrogen-bond donors (Lipinski definition) is 0. The van der Waals surface area contributed by atoms with E-state index in [1.807, 2.05) is 36.4 Å². The number of ether oxygens (including phenoxy) is 3. The van der Waals surface area contributed by atoms with Crippen molar-refractivity contribution in [3.63, 3.8) is 0 Å². The zero-order valence-corrected chi connectivity index (χ0v) is 19.4. The highest BCUT2D eigenvalue weighted by Crippen LogP contribution is 2.36. The molecule has 1 heterocycles. The Kier molecular flexibility index (Phi) is 6.34. The largest absolute Gasteiger partial charge is 0.497 e. The lowest BCUT2D eigenvalue weighted by molar-refractivity contribution is -0.0441. The molecule has 0 bridgehead atoms. The molecule has 2 aliphatic rings. The normalized spacial score (nSPS) is 16.3. The third kappa shape index (κ3) is 4.90. The van der Waals surface area contributed by atoms with E-state index >= 15 is 0 Å². The fraction of sp³-hybridized carbons (Fsp3) is 0.393. The Balaban J connectivity index is 1.43. The maximum absolute atomic E-state index is 13.3. The van der Waals surface area contributed by atoms with Gasteiger partial charge < -0.3 is 19.1 Å². The number of nitrogens with zero attached hydrogens (tertiary/aromatic N) is 1. The smallest absolute Gasteiger partial charge is 0.184 e. The van der Waals surface area contributed by atoms with Gasteiger partial charge in [0.25, 0.3) is 0 Å². The van der Waals surface area contributed by atoms with Gasteiger partial charge in [0, 0.05) is 41.7 Å². The van der Waals surface area contributed by atoms with Crippen molar-refractivity contribution in [2.24, 2.45) is 5.92 Å². The molecule has 0 spiro atoms. The van der Waals surface area contributed by atoms with Crippen LogP contribution in [0, 0.1) is 5.92 Å². The number of fused-ring (bicyclic) bond motifs is 1. The lowest BCUT2D eigenvalue weighted by Crippen LogP contribution is -2.25. The molecule has 0 atom stereocenters. The molecule has 3 aromatic carbocycles. The number of benzene rings is 3. The molecule has 1 saturated carbocycles. The van der Waals surface area contributed by atoms with Crippen LogP contribution in [0.15, 0.2) is 54.6 Å². The molecule has 0 amide bonds. The molecular formula is C28H31NO4. The summed E-state index contributed by atoms with van der Waals surface area (Å²) in [5.41, 5.74) is 3.85. The Labute approximate surface area is 195 Å². The Bertz CT molecular complexity index is 1130. The molecule has 5 nitrogen and oxygen atoms in total. The Morgan fingerprint density at radius 1 is 1.03 bits per heavy atom. The Hall–Kier alpha value is -2.89. The number of methoxy groups -OCH3 is 1. The van der Waals surface area contributed by atoms with E-state index < -0.39 is 0 Å². The third-order valence-corrected chi connectivity index (χ3v) is 6.60. The van der Waals surface area contributed by atoms with Gasteiger partial charge in [-0.25, -0.2) is 0 Å². The molecule has 1 aliphatic heterocycles. The lowest BCUT2D eigenvalue weighted by Gasteiger charge is -2.25. The third-order valence-electron chi connectivity index (χ3n) is 6.60. The van der Waals surface area contributed by atoms with Gasteiger partial charge in [0.05, 0.1) is 20.3 Å². The molecule has 5 heteroatoms. The molecule has 0 unspecified atom stereocenters. The van der Waals surface area contributed by atoms with Crippen molar-refractivity contribution < 1.29 is 19.0 Å². The van der Waals surface area contributed by atoms with Crippen LogP contribution in [0.1, 0.15) is 47.5 Å². The first-order valence-electron chi connectivity index (χ1n) is 11.9. The van der Waals surface area contributed by atoms with Gasteiger partial charge in [-0.05, 0) is 60.9 Å². The Morgan fingerprint density at radius 2 is 1.79 bits per heavy atom. The summed E-state index contributed by atoms with van der Waals surface area (Å²) in [6.45, 7) is 5.37. The molecule has 3 aromatic rings. The van der Waals surface area contributed by atoms with Gasteiger partial charge in [-0.3, -0.25) is 4.79 Å². The zero-order chi connectivity index (χ0) is 22.8. The highest BCUT2D eigenvalue weighted by Gasteiger charge is 2.25. The van der Waals surface area contributed by atoms with Gasteiger partial charge in [0.1, 0.15) is 5.75 Å². The van der Waals surface area contributed by atoms with E-state index in [4.69, 9.17) is 14.2 Å². The van der Waals surface area contributed by atoms with Crippen molar-refractivity contribution in [3.05, 3.63) is 71.3 Å². The van der Waals surface area contributed by atoms with Crippen molar-refractivity contribution in [2.45, 2.75) is 32.5 Å². The SMILES string of the molecule is CCN(CC1CC1)c1cc(C(=O)Cc2ccc(C3OCCO3)cc2)cc2ccc(OC)cc12. The van der Waals surface area contributed by atoms with E-state index in [-0.39, 0.29) is 12.1 Å². The van der Waals surface area contributed by atoms with Crippen molar-refractivity contribution in [1.82, 2.24) is 0 Å². The van der Waals surface area contributed by atoms with E-state index in [1.54, 1.807) is 7.11 Å². The van der Waals surface area contributed by atoms with E-state index in [1.165, 1.54) is 12.8 Å². The predicted octanol–water partition coefficient (Wildman–Crippen LogP) is 5.56. The number of carbonyl (C=O) groups is 1. The van der Waals surface area contributed by atoms with E-state index in [0.29, 0.717) is 19.6 Å². The second kappa shape index (κ2) is 9.54. The summed E-state index contributed by atoms with van der Waals surface area (Å²) in [5.74, 6) is 1.72. The predicted molar refractivity (Wildman–Crippen MR) is 130 cm³/mol. The lowest BCUT2D eigenvalue weighted by atomic mass is 9.97. The van der Waals surface area contributed by atoms with Gasteiger partial charge in [0.2, 0.25) is 0 Å². The number of anilines is 1. The van der Waals surface area contributed by atoms with Crippen molar-refractivity contribution in [2.75, 3.05) is 38.3 Å². The first-order chi connectivity index (χ1) is 16.1. The molecule has 0 radical (unpaired) electrons. The van der Waals surface area contributed by atoms with Gasteiger partial charge in [-0.2, -0.15) is 0 Å². The van der Waals surface area contributed by atoms with Crippen molar-refractivity contribution in [3.8, 4) is 5.75 Å². The molecule has 2 fully saturated rings. The summed E-state index contributed by atoms with van der Waals surface area (Å²) in [4.78, 5) is 15.7. The minimum absolute atomic E-state index is 0.123. The van der Waals surface area contributed by atoms with Crippen LogP contribution < -0.4 is 9.64 Å². The van der Waals surface area contributed by atoms with Crippen LogP contribution in [0.25, 0.3) is 10.8 Å².